The molecule has 14 heavy (non-hydrogen) atoms. The molecule has 5 nitrogen and oxygen atoms in total. The van der Waals surface area contributed by atoms with Gasteiger partial charge in [0.2, 0.25) is 0 Å². The van der Waals surface area contributed by atoms with Gasteiger partial charge in [0.15, 0.2) is 0 Å². The average Bonchev–Trinajstić information content (AvgIpc) is 2.71. The molecule has 0 saturated heterocycles. The summed E-state index contributed by atoms with van der Waals surface area (Å²) in [5.74, 6) is 0. The van der Waals surface area contributed by atoms with Crippen molar-refractivity contribution < 1.29 is 0 Å². The number of rotatable bonds is 2. The lowest BCUT2D eigenvalue weighted by Crippen LogP contribution is -2.03. The molecule has 0 aromatic carbocycles. The number of aromatic nitrogens is 4. The first-order chi connectivity index (χ1) is 6.70. The number of H-pyrrole nitrogens is 1. The van der Waals surface area contributed by atoms with E-state index < -0.39 is 0 Å². The molecule has 0 saturated carbocycles. The Morgan fingerprint density at radius 2 is 2.29 bits per heavy atom. The fourth-order valence-corrected chi connectivity index (χ4v) is 1.39. The van der Waals surface area contributed by atoms with Crippen molar-refractivity contribution in [3.63, 3.8) is 0 Å². The third kappa shape index (κ3) is 1.37. The zero-order valence-electron chi connectivity index (χ0n) is 8.19. The number of hydrogen-bond donors (Lipinski definition) is 1. The first kappa shape index (κ1) is 8.80. The van der Waals surface area contributed by atoms with Crippen molar-refractivity contribution in [3.8, 4) is 11.1 Å². The fraction of sp³-hybridized carbons (Fsp3) is 0.333. The van der Waals surface area contributed by atoms with Gasteiger partial charge in [-0.3, -0.25) is 19.3 Å². The predicted molar refractivity (Wildman–Crippen MR) is 52.9 cm³/mol. The Morgan fingerprint density at radius 1 is 1.50 bits per heavy atom. The Morgan fingerprint density at radius 3 is 2.79 bits per heavy atom. The quantitative estimate of drug-likeness (QED) is 0.757. The van der Waals surface area contributed by atoms with Crippen molar-refractivity contribution in [1.29, 1.82) is 0 Å². The van der Waals surface area contributed by atoms with Gasteiger partial charge in [0.25, 0.3) is 5.56 Å². The molecule has 0 amide bonds. The molecule has 0 unspecified atom stereocenters. The van der Waals surface area contributed by atoms with Crippen LogP contribution in [0.25, 0.3) is 11.1 Å². The van der Waals surface area contributed by atoms with Crippen LogP contribution in [0.3, 0.4) is 0 Å². The summed E-state index contributed by atoms with van der Waals surface area (Å²) in [6.07, 6.45) is 5.33. The molecule has 2 aromatic heterocycles. The first-order valence-corrected chi connectivity index (χ1v) is 4.49. The lowest BCUT2D eigenvalue weighted by atomic mass is 10.2. The molecule has 1 N–H and O–H groups in total. The summed E-state index contributed by atoms with van der Waals surface area (Å²) in [6, 6.07) is 0. The van der Waals surface area contributed by atoms with Crippen LogP contribution >= 0.6 is 0 Å². The molecule has 0 fully saturated rings. The summed E-state index contributed by atoms with van der Waals surface area (Å²) < 4.78 is 3.43. The minimum atomic E-state index is -0.0804. The molecule has 2 rings (SSSR count). The van der Waals surface area contributed by atoms with Crippen LogP contribution in [0, 0.1) is 0 Å². The third-order valence-electron chi connectivity index (χ3n) is 2.11. The molecule has 2 heterocycles. The topological polar surface area (TPSA) is 55.6 Å². The van der Waals surface area contributed by atoms with E-state index in [-0.39, 0.29) is 5.56 Å². The average molecular weight is 192 g/mol. The van der Waals surface area contributed by atoms with Gasteiger partial charge in [0, 0.05) is 31.5 Å². The van der Waals surface area contributed by atoms with Gasteiger partial charge in [-0.05, 0) is 6.92 Å². The maximum atomic E-state index is 11.4. The Balaban J connectivity index is 2.49. The van der Waals surface area contributed by atoms with Gasteiger partial charge < -0.3 is 0 Å². The highest BCUT2D eigenvalue weighted by atomic mass is 16.1. The van der Waals surface area contributed by atoms with E-state index in [9.17, 15) is 4.79 Å². The van der Waals surface area contributed by atoms with E-state index in [1.807, 2.05) is 13.1 Å². The van der Waals surface area contributed by atoms with Crippen molar-refractivity contribution in [2.24, 2.45) is 7.05 Å². The molecule has 2 aromatic rings. The lowest BCUT2D eigenvalue weighted by Gasteiger charge is -1.90. The second kappa shape index (κ2) is 3.17. The van der Waals surface area contributed by atoms with Crippen LogP contribution < -0.4 is 5.56 Å². The number of aromatic amines is 1. The van der Waals surface area contributed by atoms with Gasteiger partial charge in [0.1, 0.15) is 0 Å². The van der Waals surface area contributed by atoms with Crippen LogP contribution in [0.4, 0.5) is 0 Å². The molecule has 0 aliphatic carbocycles. The Bertz CT molecular complexity index is 491. The third-order valence-corrected chi connectivity index (χ3v) is 2.11. The first-order valence-electron chi connectivity index (χ1n) is 4.49. The van der Waals surface area contributed by atoms with Crippen molar-refractivity contribution in [1.82, 2.24) is 19.6 Å². The maximum absolute atomic E-state index is 11.4. The van der Waals surface area contributed by atoms with Crippen LogP contribution in [0.2, 0.25) is 0 Å². The largest absolute Gasteiger partial charge is 0.295 e. The van der Waals surface area contributed by atoms with Crippen LogP contribution in [-0.2, 0) is 13.6 Å². The van der Waals surface area contributed by atoms with Gasteiger partial charge in [-0.25, -0.2) is 0 Å². The summed E-state index contributed by atoms with van der Waals surface area (Å²) in [4.78, 5) is 11.4. The van der Waals surface area contributed by atoms with Crippen molar-refractivity contribution in [2.75, 3.05) is 0 Å². The number of nitrogens with one attached hydrogen (secondary N) is 1. The fourth-order valence-electron chi connectivity index (χ4n) is 1.39. The standard InChI is InChI=1S/C9H12N4O/c1-3-13-5-7(4-10-13)8-6-12(2)11-9(8)14/h4-6H,3H2,1-2H3,(H,11,14). The maximum Gasteiger partial charge on any atom is 0.272 e. The van der Waals surface area contributed by atoms with Gasteiger partial charge in [0.05, 0.1) is 11.8 Å². The monoisotopic (exact) mass is 192 g/mol. The predicted octanol–water partition coefficient (Wildman–Crippen LogP) is 0.597. The minimum absolute atomic E-state index is 0.0804. The SMILES string of the molecule is CCn1cc(-c2cn(C)[nH]c2=O)cn1. The second-order valence-corrected chi connectivity index (χ2v) is 3.18. The van der Waals surface area contributed by atoms with Gasteiger partial charge in [-0.1, -0.05) is 0 Å². The smallest absolute Gasteiger partial charge is 0.272 e. The summed E-state index contributed by atoms with van der Waals surface area (Å²) in [5, 5.41) is 6.77. The molecule has 0 aliphatic heterocycles. The molecule has 0 atom stereocenters. The van der Waals surface area contributed by atoms with E-state index in [4.69, 9.17) is 0 Å². The second-order valence-electron chi connectivity index (χ2n) is 3.18. The Hall–Kier alpha value is -1.78. The summed E-state index contributed by atoms with van der Waals surface area (Å²) >= 11 is 0. The minimum Gasteiger partial charge on any atom is -0.295 e. The highest BCUT2D eigenvalue weighted by Gasteiger charge is 2.07. The van der Waals surface area contributed by atoms with E-state index in [0.717, 1.165) is 12.1 Å². The molecule has 5 heteroatoms. The molecule has 0 aliphatic rings. The van der Waals surface area contributed by atoms with Crippen molar-refractivity contribution >= 4 is 0 Å². The highest BCUT2D eigenvalue weighted by molar-refractivity contribution is 5.59. The van der Waals surface area contributed by atoms with Crippen molar-refractivity contribution in [2.45, 2.75) is 13.5 Å². The van der Waals surface area contributed by atoms with Crippen LogP contribution in [-0.4, -0.2) is 19.6 Å². The van der Waals surface area contributed by atoms with Gasteiger partial charge in [-0.2, -0.15) is 5.10 Å². The highest BCUT2D eigenvalue weighted by Crippen LogP contribution is 2.12. The molecular formula is C9H12N4O. The normalized spacial score (nSPS) is 10.7. The number of nitrogens with zero attached hydrogens (tertiary/aromatic N) is 3. The van der Waals surface area contributed by atoms with E-state index >= 15 is 0 Å². The summed E-state index contributed by atoms with van der Waals surface area (Å²) in [6.45, 7) is 2.82. The molecule has 0 spiro atoms. The van der Waals surface area contributed by atoms with Crippen LogP contribution in [0.1, 0.15) is 6.92 Å². The van der Waals surface area contributed by atoms with E-state index in [1.54, 1.807) is 28.8 Å². The Labute approximate surface area is 81.0 Å². The molecule has 74 valence electrons. The van der Waals surface area contributed by atoms with E-state index in [1.165, 1.54) is 0 Å². The zero-order valence-corrected chi connectivity index (χ0v) is 8.19. The van der Waals surface area contributed by atoms with Crippen molar-refractivity contribution in [3.05, 3.63) is 28.9 Å². The van der Waals surface area contributed by atoms with Gasteiger partial charge >= 0.3 is 0 Å². The lowest BCUT2D eigenvalue weighted by molar-refractivity contribution is 0.660. The van der Waals surface area contributed by atoms with E-state index in [0.29, 0.717) is 5.56 Å². The zero-order chi connectivity index (χ0) is 10.1. The molecule has 0 radical (unpaired) electrons. The van der Waals surface area contributed by atoms with Crippen LogP contribution in [0.15, 0.2) is 23.4 Å². The number of aryl methyl sites for hydroxylation is 2. The summed E-state index contributed by atoms with van der Waals surface area (Å²) in [7, 11) is 1.79. The molecular weight excluding hydrogens is 180 g/mol. The van der Waals surface area contributed by atoms with Crippen LogP contribution in [0.5, 0.6) is 0 Å². The van der Waals surface area contributed by atoms with Gasteiger partial charge in [-0.15, -0.1) is 0 Å². The molecule has 0 bridgehead atoms. The Kier molecular flexibility index (Phi) is 1.99. The number of hydrogen-bond acceptors (Lipinski definition) is 2. The summed E-state index contributed by atoms with van der Waals surface area (Å²) in [5.41, 5.74) is 1.43. The van der Waals surface area contributed by atoms with E-state index in [2.05, 4.69) is 10.2 Å².